The van der Waals surface area contributed by atoms with Gasteiger partial charge in [-0.1, -0.05) is 41.9 Å². The molecule has 0 radical (unpaired) electrons. The molecule has 3 aromatic heterocycles. The van der Waals surface area contributed by atoms with E-state index in [0.29, 0.717) is 23.9 Å². The molecule has 0 N–H and O–H groups in total. The van der Waals surface area contributed by atoms with Crippen molar-refractivity contribution in [2.75, 3.05) is 0 Å². The van der Waals surface area contributed by atoms with E-state index in [1.807, 2.05) is 41.8 Å². The van der Waals surface area contributed by atoms with E-state index < -0.39 is 5.82 Å². The number of fused-ring (bicyclic) bond motifs is 2. The van der Waals surface area contributed by atoms with E-state index in [4.69, 9.17) is 11.6 Å². The molecule has 3 heterocycles. The van der Waals surface area contributed by atoms with Gasteiger partial charge in [-0.25, -0.2) is 9.07 Å². The lowest BCUT2D eigenvalue weighted by Crippen LogP contribution is -2.23. The third kappa shape index (κ3) is 3.38. The fourth-order valence-corrected chi connectivity index (χ4v) is 4.60. The largest absolute Gasteiger partial charge is 0.276 e. The maximum absolute atomic E-state index is 13.5. The second-order valence-electron chi connectivity index (χ2n) is 6.94. The molecule has 0 fully saturated rings. The summed E-state index contributed by atoms with van der Waals surface area (Å²) >= 11 is 7.37. The van der Waals surface area contributed by atoms with Crippen molar-refractivity contribution in [1.82, 2.24) is 14.8 Å². The number of hydrogen-bond donors (Lipinski definition) is 0. The van der Waals surface area contributed by atoms with E-state index in [2.05, 4.69) is 10.1 Å². The normalized spacial score (nSPS) is 11.4. The van der Waals surface area contributed by atoms with Crippen LogP contribution < -0.4 is 5.56 Å². The van der Waals surface area contributed by atoms with E-state index >= 15 is 0 Å². The van der Waals surface area contributed by atoms with Gasteiger partial charge in [-0.3, -0.25) is 9.78 Å². The van der Waals surface area contributed by atoms with Crippen LogP contribution >= 0.6 is 22.9 Å². The lowest BCUT2D eigenvalue weighted by molar-refractivity contribution is 0.580. The van der Waals surface area contributed by atoms with Crippen LogP contribution in [0.5, 0.6) is 0 Å². The van der Waals surface area contributed by atoms with E-state index in [0.717, 1.165) is 26.9 Å². The molecule has 0 aliphatic carbocycles. The van der Waals surface area contributed by atoms with Crippen LogP contribution in [0.2, 0.25) is 5.02 Å². The monoisotopic (exact) mass is 435 g/mol. The zero-order valence-electron chi connectivity index (χ0n) is 15.7. The molecule has 0 unspecified atom stereocenters. The summed E-state index contributed by atoms with van der Waals surface area (Å²) in [5, 5.41) is 7.89. The van der Waals surface area contributed by atoms with Gasteiger partial charge >= 0.3 is 0 Å². The van der Waals surface area contributed by atoms with Gasteiger partial charge in [0, 0.05) is 28.4 Å². The van der Waals surface area contributed by atoms with Crippen LogP contribution in [0.3, 0.4) is 0 Å². The minimum absolute atomic E-state index is 0.0311. The molecule has 5 rings (SSSR count). The molecule has 4 nitrogen and oxygen atoms in total. The quantitative estimate of drug-likeness (QED) is 0.363. The molecule has 148 valence electrons. The van der Waals surface area contributed by atoms with Gasteiger partial charge in [-0.15, -0.1) is 11.3 Å². The Labute approximate surface area is 180 Å². The Balaban J connectivity index is 1.49. The summed E-state index contributed by atoms with van der Waals surface area (Å²) in [6.07, 6.45) is 2.29. The number of hydrogen-bond acceptors (Lipinski definition) is 4. The van der Waals surface area contributed by atoms with Crippen molar-refractivity contribution in [3.8, 4) is 11.1 Å². The predicted octanol–water partition coefficient (Wildman–Crippen LogP) is 5.71. The third-order valence-electron chi connectivity index (χ3n) is 5.05. The standard InChI is InChI=1S/C23H15ClFN3OS/c24-18-11-15(6-8-19(18)25)17-13-30-21-12-26-28(23(29)22(17)21)10-9-16-7-5-14-3-1-2-4-20(14)27-16/h1-8,11-13H,9-10H2. The number of aryl methyl sites for hydroxylation is 2. The zero-order chi connectivity index (χ0) is 20.7. The van der Waals surface area contributed by atoms with Crippen LogP contribution in [0.4, 0.5) is 4.39 Å². The minimum atomic E-state index is -0.484. The van der Waals surface area contributed by atoms with Crippen LogP contribution in [-0.4, -0.2) is 14.8 Å². The fourth-order valence-electron chi connectivity index (χ4n) is 3.50. The molecule has 7 heteroatoms. The Morgan fingerprint density at radius 2 is 1.97 bits per heavy atom. The van der Waals surface area contributed by atoms with E-state index in [-0.39, 0.29) is 10.6 Å². The summed E-state index contributed by atoms with van der Waals surface area (Å²) in [5.41, 5.74) is 3.10. The molecule has 30 heavy (non-hydrogen) atoms. The molecule has 5 aromatic rings. The third-order valence-corrected chi connectivity index (χ3v) is 6.26. The number of para-hydroxylation sites is 1. The van der Waals surface area contributed by atoms with Crippen LogP contribution in [-0.2, 0) is 13.0 Å². The Kier molecular flexibility index (Phi) is 4.81. The molecule has 2 aromatic carbocycles. The highest BCUT2D eigenvalue weighted by Gasteiger charge is 2.14. The van der Waals surface area contributed by atoms with Crippen molar-refractivity contribution in [2.45, 2.75) is 13.0 Å². The van der Waals surface area contributed by atoms with Crippen molar-refractivity contribution in [1.29, 1.82) is 0 Å². The van der Waals surface area contributed by atoms with Gasteiger partial charge in [0.15, 0.2) is 0 Å². The zero-order valence-corrected chi connectivity index (χ0v) is 17.3. The van der Waals surface area contributed by atoms with Crippen molar-refractivity contribution < 1.29 is 4.39 Å². The predicted molar refractivity (Wildman–Crippen MR) is 120 cm³/mol. The van der Waals surface area contributed by atoms with Crippen molar-refractivity contribution >= 4 is 43.9 Å². The first kappa shape index (κ1) is 18.9. The Bertz CT molecular complexity index is 1460. The number of nitrogens with zero attached hydrogens (tertiary/aromatic N) is 3. The molecular formula is C23H15ClFN3OS. The summed E-state index contributed by atoms with van der Waals surface area (Å²) < 4.78 is 15.8. The Morgan fingerprint density at radius 3 is 2.83 bits per heavy atom. The molecule has 0 spiro atoms. The van der Waals surface area contributed by atoms with Gasteiger partial charge in [0.05, 0.1) is 33.4 Å². The summed E-state index contributed by atoms with van der Waals surface area (Å²) in [5.74, 6) is -0.484. The highest BCUT2D eigenvalue weighted by Crippen LogP contribution is 2.33. The average molecular weight is 436 g/mol. The van der Waals surface area contributed by atoms with Gasteiger partial charge in [0.2, 0.25) is 0 Å². The Hall–Kier alpha value is -3.09. The first-order chi connectivity index (χ1) is 14.6. The first-order valence-corrected chi connectivity index (χ1v) is 10.6. The summed E-state index contributed by atoms with van der Waals surface area (Å²) in [6, 6.07) is 16.4. The number of thiophene rings is 1. The summed E-state index contributed by atoms with van der Waals surface area (Å²) in [7, 11) is 0. The lowest BCUT2D eigenvalue weighted by Gasteiger charge is -2.07. The number of benzene rings is 2. The SMILES string of the molecule is O=c1c2c(-c3ccc(F)c(Cl)c3)csc2cnn1CCc1ccc2ccccc2n1. The average Bonchev–Trinajstić information content (AvgIpc) is 3.20. The maximum Gasteiger partial charge on any atom is 0.276 e. The fraction of sp³-hybridized carbons (Fsp3) is 0.0870. The van der Waals surface area contributed by atoms with Gasteiger partial charge in [-0.05, 0) is 29.8 Å². The summed E-state index contributed by atoms with van der Waals surface area (Å²) in [6.45, 7) is 0.416. The summed E-state index contributed by atoms with van der Waals surface area (Å²) in [4.78, 5) is 17.8. The molecule has 0 saturated heterocycles. The highest BCUT2D eigenvalue weighted by molar-refractivity contribution is 7.17. The number of pyridine rings is 1. The number of rotatable bonds is 4. The lowest BCUT2D eigenvalue weighted by atomic mass is 10.1. The van der Waals surface area contributed by atoms with Crippen molar-refractivity contribution in [2.24, 2.45) is 0 Å². The molecule has 0 aliphatic heterocycles. The molecule has 0 bridgehead atoms. The van der Waals surface area contributed by atoms with Gasteiger partial charge < -0.3 is 0 Å². The van der Waals surface area contributed by atoms with Crippen LogP contribution in [0, 0.1) is 5.82 Å². The van der Waals surface area contributed by atoms with Crippen LogP contribution in [0.1, 0.15) is 5.69 Å². The minimum Gasteiger partial charge on any atom is -0.267 e. The second kappa shape index (κ2) is 7.63. The molecule has 0 aliphatic rings. The molecule has 0 saturated carbocycles. The number of halogens is 2. The smallest absolute Gasteiger partial charge is 0.267 e. The van der Waals surface area contributed by atoms with E-state index in [1.54, 1.807) is 18.3 Å². The van der Waals surface area contributed by atoms with E-state index in [1.165, 1.54) is 22.1 Å². The van der Waals surface area contributed by atoms with Crippen molar-refractivity contribution in [3.63, 3.8) is 0 Å². The number of aromatic nitrogens is 3. The van der Waals surface area contributed by atoms with Gasteiger partial charge in [0.1, 0.15) is 5.82 Å². The van der Waals surface area contributed by atoms with Gasteiger partial charge in [-0.2, -0.15) is 5.10 Å². The maximum atomic E-state index is 13.5. The topological polar surface area (TPSA) is 47.8 Å². The van der Waals surface area contributed by atoms with Crippen LogP contribution in [0.25, 0.3) is 32.1 Å². The highest BCUT2D eigenvalue weighted by atomic mass is 35.5. The van der Waals surface area contributed by atoms with E-state index in [9.17, 15) is 9.18 Å². The molecular weight excluding hydrogens is 421 g/mol. The first-order valence-electron chi connectivity index (χ1n) is 9.37. The molecule has 0 atom stereocenters. The second-order valence-corrected chi connectivity index (χ2v) is 8.25. The van der Waals surface area contributed by atoms with Crippen molar-refractivity contribution in [3.05, 3.63) is 93.1 Å². The van der Waals surface area contributed by atoms with Gasteiger partial charge in [0.25, 0.3) is 5.56 Å². The Morgan fingerprint density at radius 1 is 1.10 bits per heavy atom. The molecule has 0 amide bonds. The van der Waals surface area contributed by atoms with Crippen LogP contribution in [0.15, 0.2) is 71.0 Å².